The van der Waals surface area contributed by atoms with E-state index in [1.165, 1.54) is 18.4 Å². The lowest BCUT2D eigenvalue weighted by Crippen LogP contribution is -2.57. The van der Waals surface area contributed by atoms with Crippen molar-refractivity contribution in [3.63, 3.8) is 0 Å². The van der Waals surface area contributed by atoms with Crippen molar-refractivity contribution in [1.82, 2.24) is 13.9 Å². The van der Waals surface area contributed by atoms with Crippen molar-refractivity contribution < 1.29 is 28.8 Å². The van der Waals surface area contributed by atoms with Gasteiger partial charge in [0.2, 0.25) is 10.0 Å². The zero-order valence-corrected chi connectivity index (χ0v) is 28.1. The normalized spacial score (nSPS) is 22.7. The van der Waals surface area contributed by atoms with E-state index >= 15 is 0 Å². The number of fused-ring (bicyclic) bond motifs is 3. The van der Waals surface area contributed by atoms with Gasteiger partial charge in [0.05, 0.1) is 42.1 Å². The summed E-state index contributed by atoms with van der Waals surface area (Å²) >= 11 is 1.02. The third kappa shape index (κ3) is 5.46. The molecule has 12 nitrogen and oxygen atoms in total. The molecule has 4 atom stereocenters. The fraction of sp³-hybridized carbons (Fsp3) is 0.562. The Labute approximate surface area is 272 Å². The summed E-state index contributed by atoms with van der Waals surface area (Å²) < 4.78 is 47.6. The van der Waals surface area contributed by atoms with Crippen molar-refractivity contribution in [3.05, 3.63) is 61.1 Å². The van der Waals surface area contributed by atoms with Crippen molar-refractivity contribution in [1.29, 1.82) is 5.26 Å². The average molecular weight is 673 g/mol. The standard InChI is InChI=1S/C32H38N4O8S2.H2/c1-18-25(16-33)45-28-26(18)27(37)36(31(2,3)29(38)34-46(40,41)32(4)12-13-32)30(39)35(28)17-24(22-8-6-7-9-23(22)42-5)44-21-14-19-10-11-20(15-21)43-19;/h6-9,19-21,24H,10-15,17H2,1-5H3,(H,34,38);1H/t19-,20+,21?,24-;/m0./s1. The van der Waals surface area contributed by atoms with Crippen LogP contribution in [0.2, 0.25) is 0 Å². The Bertz CT molecular complexity index is 1980. The predicted octanol–water partition coefficient (Wildman–Crippen LogP) is 3.86. The average Bonchev–Trinajstić information content (AvgIpc) is 3.57. The number of aromatic nitrogens is 2. The number of amides is 1. The van der Waals surface area contributed by atoms with Crippen LogP contribution in [-0.2, 0) is 36.4 Å². The number of sulfonamides is 1. The third-order valence-electron chi connectivity index (χ3n) is 9.70. The molecule has 1 aromatic carbocycles. The molecule has 2 aromatic heterocycles. The maximum Gasteiger partial charge on any atom is 0.333 e. The number of carbonyl (C=O) groups excluding carboxylic acids is 1. The molecule has 1 N–H and O–H groups in total. The molecule has 1 saturated carbocycles. The number of nitrogens with zero attached hydrogens (tertiary/aromatic N) is 3. The molecular formula is C32H40N4O8S2. The highest BCUT2D eigenvalue weighted by atomic mass is 32.2. The quantitative estimate of drug-likeness (QED) is 0.338. The number of thiophene rings is 1. The van der Waals surface area contributed by atoms with E-state index in [0.717, 1.165) is 28.7 Å². The molecule has 2 bridgehead atoms. The molecule has 46 heavy (non-hydrogen) atoms. The summed E-state index contributed by atoms with van der Waals surface area (Å²) in [4.78, 5) is 42.7. The van der Waals surface area contributed by atoms with Crippen LogP contribution in [-0.4, -0.2) is 53.6 Å². The maximum atomic E-state index is 14.5. The Kier molecular flexibility index (Phi) is 8.20. The van der Waals surface area contributed by atoms with Gasteiger partial charge >= 0.3 is 5.69 Å². The van der Waals surface area contributed by atoms with Gasteiger partial charge in [-0.05, 0) is 77.8 Å². The van der Waals surface area contributed by atoms with Gasteiger partial charge in [0, 0.05) is 6.99 Å². The van der Waals surface area contributed by atoms with E-state index in [4.69, 9.17) is 14.2 Å². The minimum absolute atomic E-state index is 0. The second-order valence-corrected chi connectivity index (χ2v) is 16.4. The number of carbonyl (C=O) groups is 1. The second-order valence-electron chi connectivity index (χ2n) is 13.2. The minimum Gasteiger partial charge on any atom is -0.496 e. The van der Waals surface area contributed by atoms with Crippen molar-refractivity contribution in [2.24, 2.45) is 0 Å². The van der Waals surface area contributed by atoms with Crippen molar-refractivity contribution in [2.75, 3.05) is 7.11 Å². The fourth-order valence-electron chi connectivity index (χ4n) is 6.49. The number of hydrogen-bond acceptors (Lipinski definition) is 10. The highest BCUT2D eigenvalue weighted by molar-refractivity contribution is 7.91. The molecule has 2 aliphatic heterocycles. The lowest BCUT2D eigenvalue weighted by atomic mass is 10.0. The smallest absolute Gasteiger partial charge is 0.333 e. The van der Waals surface area contributed by atoms with E-state index < -0.39 is 43.6 Å². The molecule has 4 heterocycles. The Morgan fingerprint density at radius 1 is 1.24 bits per heavy atom. The van der Waals surface area contributed by atoms with Gasteiger partial charge in [0.15, 0.2) is 0 Å². The van der Waals surface area contributed by atoms with Gasteiger partial charge in [0.25, 0.3) is 11.5 Å². The molecule has 0 spiro atoms. The monoisotopic (exact) mass is 672 g/mol. The molecule has 3 aromatic rings. The van der Waals surface area contributed by atoms with Crippen LogP contribution in [0.4, 0.5) is 0 Å². The van der Waals surface area contributed by atoms with Crippen LogP contribution in [0, 0.1) is 18.3 Å². The van der Waals surface area contributed by atoms with Gasteiger partial charge in [-0.1, -0.05) is 18.2 Å². The molecule has 3 fully saturated rings. The van der Waals surface area contributed by atoms with Crippen LogP contribution < -0.4 is 20.7 Å². The van der Waals surface area contributed by atoms with Gasteiger partial charge in [-0.15, -0.1) is 11.3 Å². The number of nitrogens with one attached hydrogen (secondary N) is 1. The van der Waals surface area contributed by atoms with Gasteiger partial charge in [0.1, 0.15) is 33.2 Å². The summed E-state index contributed by atoms with van der Waals surface area (Å²) in [5, 5.41) is 9.99. The first-order valence-corrected chi connectivity index (χ1v) is 17.7. The highest BCUT2D eigenvalue weighted by Gasteiger charge is 2.52. The number of para-hydroxylation sites is 1. The maximum absolute atomic E-state index is 14.5. The molecule has 1 amide bonds. The van der Waals surface area contributed by atoms with E-state index in [1.54, 1.807) is 27.0 Å². The van der Waals surface area contributed by atoms with Crippen LogP contribution in [0.25, 0.3) is 10.2 Å². The molecule has 248 valence electrons. The predicted molar refractivity (Wildman–Crippen MR) is 174 cm³/mol. The van der Waals surface area contributed by atoms with Crippen LogP contribution in [0.3, 0.4) is 0 Å². The van der Waals surface area contributed by atoms with Gasteiger partial charge in [-0.3, -0.25) is 18.9 Å². The topological polar surface area (TPSA) is 159 Å². The molecule has 1 aliphatic carbocycles. The van der Waals surface area contributed by atoms with Gasteiger partial charge in [-0.25, -0.2) is 17.8 Å². The fourth-order valence-corrected chi connectivity index (χ4v) is 8.97. The van der Waals surface area contributed by atoms with Crippen LogP contribution in [0.5, 0.6) is 5.75 Å². The number of ether oxygens (including phenoxy) is 3. The molecular weight excluding hydrogens is 633 g/mol. The number of nitriles is 1. The Morgan fingerprint density at radius 2 is 1.89 bits per heavy atom. The van der Waals surface area contributed by atoms with E-state index in [9.17, 15) is 28.1 Å². The Morgan fingerprint density at radius 3 is 2.50 bits per heavy atom. The van der Waals surface area contributed by atoms with Crippen LogP contribution in [0.1, 0.15) is 82.8 Å². The summed E-state index contributed by atoms with van der Waals surface area (Å²) in [5.74, 6) is -0.451. The van der Waals surface area contributed by atoms with Gasteiger partial charge < -0.3 is 14.2 Å². The molecule has 6 rings (SSSR count). The van der Waals surface area contributed by atoms with Crippen LogP contribution in [0.15, 0.2) is 33.9 Å². The van der Waals surface area contributed by atoms with E-state index in [1.807, 2.05) is 18.2 Å². The second kappa shape index (κ2) is 11.6. The lowest BCUT2D eigenvalue weighted by Gasteiger charge is -2.33. The first kappa shape index (κ1) is 32.4. The summed E-state index contributed by atoms with van der Waals surface area (Å²) in [6.07, 6.45) is 3.46. The third-order valence-corrected chi connectivity index (χ3v) is 13.1. The van der Waals surface area contributed by atoms with Crippen LogP contribution >= 0.6 is 11.3 Å². The van der Waals surface area contributed by atoms with Crippen molar-refractivity contribution >= 4 is 37.5 Å². The zero-order chi connectivity index (χ0) is 33.2. The molecule has 3 aliphatic rings. The number of rotatable bonds is 10. The Balaban J connectivity index is 0.00000433. The highest BCUT2D eigenvalue weighted by Crippen LogP contribution is 2.42. The number of hydrogen-bond donors (Lipinski definition) is 1. The molecule has 14 heteroatoms. The van der Waals surface area contributed by atoms with E-state index in [-0.39, 0.29) is 41.4 Å². The van der Waals surface area contributed by atoms with Crippen molar-refractivity contribution in [2.45, 2.75) is 107 Å². The zero-order valence-electron chi connectivity index (χ0n) is 26.5. The molecule has 1 unspecified atom stereocenters. The number of methoxy groups -OCH3 is 1. The van der Waals surface area contributed by atoms with E-state index in [0.29, 0.717) is 42.6 Å². The summed E-state index contributed by atoms with van der Waals surface area (Å²) in [5.41, 5.74) is -2.45. The largest absolute Gasteiger partial charge is 0.496 e. The number of benzene rings is 1. The molecule has 2 saturated heterocycles. The SMILES string of the molecule is COc1ccccc1[C@H](Cn1c(=O)n(C(C)(C)C(=O)NS(=O)(=O)C2(C)CC2)c(=O)c2c(C)c(C#N)sc21)OC1C[C@H]2CC[C@@H](C1)O2.[HH]. The summed E-state index contributed by atoms with van der Waals surface area (Å²) in [6, 6.07) is 9.45. The summed E-state index contributed by atoms with van der Waals surface area (Å²) in [6.45, 7) is 5.77. The first-order valence-electron chi connectivity index (χ1n) is 15.4. The van der Waals surface area contributed by atoms with Crippen molar-refractivity contribution in [3.8, 4) is 11.8 Å². The lowest BCUT2D eigenvalue weighted by molar-refractivity contribution is -0.126. The first-order chi connectivity index (χ1) is 21.7. The van der Waals surface area contributed by atoms with Gasteiger partial charge in [-0.2, -0.15) is 5.26 Å². The minimum atomic E-state index is -4.06. The number of aryl methyl sites for hydroxylation is 1. The van der Waals surface area contributed by atoms with E-state index in [2.05, 4.69) is 10.8 Å². The summed E-state index contributed by atoms with van der Waals surface area (Å²) in [7, 11) is -2.51. The Hall–Kier alpha value is -3.51. The molecule has 0 radical (unpaired) electrons.